The van der Waals surface area contributed by atoms with Gasteiger partial charge in [-0.3, -0.25) is 0 Å². The minimum absolute atomic E-state index is 0.339. The summed E-state index contributed by atoms with van der Waals surface area (Å²) in [7, 11) is 0. The Balaban J connectivity index is 2.29. The summed E-state index contributed by atoms with van der Waals surface area (Å²) in [6.45, 7) is 0.339. The van der Waals surface area contributed by atoms with Gasteiger partial charge >= 0.3 is 0 Å². The lowest BCUT2D eigenvalue weighted by molar-refractivity contribution is 1.04. The van der Waals surface area contributed by atoms with E-state index in [9.17, 15) is 0 Å². The molecule has 0 saturated carbocycles. The second-order valence-corrected chi connectivity index (χ2v) is 4.22. The first-order valence-corrected chi connectivity index (χ1v) is 5.92. The highest BCUT2D eigenvalue weighted by Gasteiger charge is 1.96. The molecular formula is C13H9N3S. The standard InChI is InChI=1S/C13H9N3S/c14-16-15-10-12-5-2-1-4-11(12)7-8-13-6-3-9-17-13/h1-6,9H,10H2. The van der Waals surface area contributed by atoms with Crippen LogP contribution in [0.15, 0.2) is 46.9 Å². The van der Waals surface area contributed by atoms with E-state index in [2.05, 4.69) is 21.9 Å². The van der Waals surface area contributed by atoms with Crippen LogP contribution in [0.5, 0.6) is 0 Å². The minimum atomic E-state index is 0.339. The highest BCUT2D eigenvalue weighted by molar-refractivity contribution is 7.10. The molecular weight excluding hydrogens is 230 g/mol. The van der Waals surface area contributed by atoms with Gasteiger partial charge in [0.2, 0.25) is 0 Å². The van der Waals surface area contributed by atoms with Crippen LogP contribution in [0, 0.1) is 11.8 Å². The normalized spacial score (nSPS) is 8.94. The zero-order chi connectivity index (χ0) is 11.9. The zero-order valence-electron chi connectivity index (χ0n) is 9.00. The van der Waals surface area contributed by atoms with Crippen molar-refractivity contribution in [3.05, 3.63) is 68.2 Å². The van der Waals surface area contributed by atoms with Crippen molar-refractivity contribution >= 4 is 11.3 Å². The Morgan fingerprint density at radius 2 is 2.06 bits per heavy atom. The van der Waals surface area contributed by atoms with Gasteiger partial charge in [-0.05, 0) is 28.6 Å². The molecule has 0 atom stereocenters. The molecule has 0 amide bonds. The third kappa shape index (κ3) is 3.12. The molecule has 1 aromatic carbocycles. The van der Waals surface area contributed by atoms with Crippen LogP contribution < -0.4 is 0 Å². The number of benzene rings is 1. The van der Waals surface area contributed by atoms with E-state index in [1.54, 1.807) is 11.3 Å². The maximum atomic E-state index is 8.32. The van der Waals surface area contributed by atoms with Crippen LogP contribution in [-0.2, 0) is 6.54 Å². The lowest BCUT2D eigenvalue weighted by Gasteiger charge is -1.98. The van der Waals surface area contributed by atoms with Gasteiger partial charge in [0.05, 0.1) is 11.4 Å². The van der Waals surface area contributed by atoms with Crippen LogP contribution in [0.4, 0.5) is 0 Å². The summed E-state index contributed by atoms with van der Waals surface area (Å²) in [5.41, 5.74) is 10.2. The molecule has 0 spiro atoms. The van der Waals surface area contributed by atoms with Crippen molar-refractivity contribution < 1.29 is 0 Å². The van der Waals surface area contributed by atoms with Gasteiger partial charge in [0.15, 0.2) is 0 Å². The van der Waals surface area contributed by atoms with E-state index >= 15 is 0 Å². The Morgan fingerprint density at radius 1 is 1.18 bits per heavy atom. The van der Waals surface area contributed by atoms with Gasteiger partial charge in [-0.15, -0.1) is 11.3 Å². The first kappa shape index (κ1) is 11.3. The van der Waals surface area contributed by atoms with Gasteiger partial charge in [0.1, 0.15) is 0 Å². The van der Waals surface area contributed by atoms with Gasteiger partial charge in [-0.2, -0.15) is 0 Å². The second kappa shape index (κ2) is 5.76. The Kier molecular flexibility index (Phi) is 3.82. The largest absolute Gasteiger partial charge is 0.135 e. The lowest BCUT2D eigenvalue weighted by Crippen LogP contribution is -1.86. The van der Waals surface area contributed by atoms with Crippen molar-refractivity contribution in [3.8, 4) is 11.8 Å². The molecule has 0 radical (unpaired) electrons. The molecule has 0 unspecified atom stereocenters. The minimum Gasteiger partial charge on any atom is -0.135 e. The summed E-state index contributed by atoms with van der Waals surface area (Å²) in [6.07, 6.45) is 0. The van der Waals surface area contributed by atoms with E-state index in [1.807, 2.05) is 41.8 Å². The molecule has 0 bridgehead atoms. The van der Waals surface area contributed by atoms with Crippen molar-refractivity contribution in [2.75, 3.05) is 0 Å². The first-order valence-electron chi connectivity index (χ1n) is 5.04. The molecule has 2 aromatic rings. The molecule has 1 aromatic heterocycles. The molecule has 0 aliphatic rings. The van der Waals surface area contributed by atoms with E-state index < -0.39 is 0 Å². The summed E-state index contributed by atoms with van der Waals surface area (Å²) >= 11 is 1.61. The quantitative estimate of drug-likeness (QED) is 0.330. The number of hydrogen-bond acceptors (Lipinski definition) is 2. The Morgan fingerprint density at radius 3 is 2.82 bits per heavy atom. The molecule has 0 aliphatic carbocycles. The van der Waals surface area contributed by atoms with Crippen molar-refractivity contribution in [2.24, 2.45) is 5.11 Å². The van der Waals surface area contributed by atoms with Crippen molar-refractivity contribution in [3.63, 3.8) is 0 Å². The number of thiophene rings is 1. The average Bonchev–Trinajstić information content (AvgIpc) is 2.88. The van der Waals surface area contributed by atoms with E-state index in [4.69, 9.17) is 5.53 Å². The summed E-state index contributed by atoms with van der Waals surface area (Å²) in [5.74, 6) is 6.19. The van der Waals surface area contributed by atoms with Gasteiger partial charge in [0, 0.05) is 10.5 Å². The molecule has 0 saturated heterocycles. The van der Waals surface area contributed by atoms with Crippen LogP contribution in [0.2, 0.25) is 0 Å². The van der Waals surface area contributed by atoms with Crippen LogP contribution in [0.3, 0.4) is 0 Å². The summed E-state index contributed by atoms with van der Waals surface area (Å²) < 4.78 is 0. The van der Waals surface area contributed by atoms with Gasteiger partial charge in [0.25, 0.3) is 0 Å². The third-order valence-corrected chi connectivity index (χ3v) is 2.95. The molecule has 3 nitrogen and oxygen atoms in total. The van der Waals surface area contributed by atoms with Crippen molar-refractivity contribution in [1.29, 1.82) is 0 Å². The van der Waals surface area contributed by atoms with Gasteiger partial charge in [-0.1, -0.05) is 41.2 Å². The molecule has 82 valence electrons. The molecule has 0 aliphatic heterocycles. The van der Waals surface area contributed by atoms with Crippen molar-refractivity contribution in [1.82, 2.24) is 0 Å². The molecule has 4 heteroatoms. The average molecular weight is 239 g/mol. The Labute approximate surface area is 103 Å². The Hall–Kier alpha value is -2.21. The second-order valence-electron chi connectivity index (χ2n) is 3.27. The van der Waals surface area contributed by atoms with E-state index in [0.29, 0.717) is 6.54 Å². The summed E-state index contributed by atoms with van der Waals surface area (Å²) in [4.78, 5) is 3.79. The monoisotopic (exact) mass is 239 g/mol. The Bertz CT molecular complexity index is 599. The number of nitrogens with zero attached hydrogens (tertiary/aromatic N) is 3. The lowest BCUT2D eigenvalue weighted by atomic mass is 10.1. The predicted molar refractivity (Wildman–Crippen MR) is 69.6 cm³/mol. The molecule has 0 N–H and O–H groups in total. The van der Waals surface area contributed by atoms with Crippen molar-refractivity contribution in [2.45, 2.75) is 6.54 Å². The van der Waals surface area contributed by atoms with Crippen LogP contribution in [0.25, 0.3) is 10.4 Å². The van der Waals surface area contributed by atoms with Crippen LogP contribution in [-0.4, -0.2) is 0 Å². The predicted octanol–water partition coefficient (Wildman–Crippen LogP) is 3.96. The molecule has 17 heavy (non-hydrogen) atoms. The van der Waals surface area contributed by atoms with Gasteiger partial charge in [-0.25, -0.2) is 0 Å². The zero-order valence-corrected chi connectivity index (χ0v) is 9.81. The number of rotatable bonds is 2. The highest BCUT2D eigenvalue weighted by Crippen LogP contribution is 2.10. The smallest absolute Gasteiger partial charge is 0.0772 e. The number of azide groups is 1. The van der Waals surface area contributed by atoms with E-state index in [0.717, 1.165) is 16.0 Å². The molecule has 0 fully saturated rings. The summed E-state index contributed by atoms with van der Waals surface area (Å²) in [6, 6.07) is 11.7. The van der Waals surface area contributed by atoms with Crippen LogP contribution in [0.1, 0.15) is 16.0 Å². The fourth-order valence-electron chi connectivity index (χ4n) is 1.37. The molecule has 1 heterocycles. The third-order valence-electron chi connectivity index (χ3n) is 2.16. The first-order chi connectivity index (χ1) is 8.40. The van der Waals surface area contributed by atoms with Gasteiger partial charge < -0.3 is 0 Å². The highest BCUT2D eigenvalue weighted by atomic mass is 32.1. The number of hydrogen-bond donors (Lipinski definition) is 0. The van der Waals surface area contributed by atoms with E-state index in [-0.39, 0.29) is 0 Å². The summed E-state index contributed by atoms with van der Waals surface area (Å²) in [5, 5.41) is 5.56. The molecule has 2 rings (SSSR count). The fraction of sp³-hybridized carbons (Fsp3) is 0.0769. The topological polar surface area (TPSA) is 48.8 Å². The van der Waals surface area contributed by atoms with E-state index in [1.165, 1.54) is 0 Å². The SMILES string of the molecule is [N-]=[N+]=NCc1ccccc1C#Cc1cccs1. The fourth-order valence-corrected chi connectivity index (χ4v) is 1.94. The maximum absolute atomic E-state index is 8.32. The van der Waals surface area contributed by atoms with Crippen LogP contribution >= 0.6 is 11.3 Å². The maximum Gasteiger partial charge on any atom is 0.0772 e.